The molecule has 3 aromatic rings. The van der Waals surface area contributed by atoms with Crippen LogP contribution in [0.4, 0.5) is 5.82 Å². The maximum Gasteiger partial charge on any atom is 0.266 e. The molecular formula is C21H22N6O. The lowest BCUT2D eigenvalue weighted by atomic mass is 10.2. The van der Waals surface area contributed by atoms with Crippen molar-refractivity contribution in [3.63, 3.8) is 0 Å². The molecule has 1 fully saturated rings. The normalized spacial score (nSPS) is 18.4. The Balaban J connectivity index is 1.45. The molecule has 2 aliphatic rings. The lowest BCUT2D eigenvalue weighted by Gasteiger charge is -2.27. The van der Waals surface area contributed by atoms with Crippen molar-refractivity contribution in [2.45, 2.75) is 44.7 Å². The van der Waals surface area contributed by atoms with E-state index in [0.29, 0.717) is 6.54 Å². The van der Waals surface area contributed by atoms with Crippen molar-refractivity contribution in [2.75, 3.05) is 11.4 Å². The van der Waals surface area contributed by atoms with Crippen molar-refractivity contribution in [3.05, 3.63) is 64.6 Å². The standard InChI is InChI=1S/C21H22N6O/c28-20-9-8-18(15-4-2-10-22-12-15)25-27(20)13-16-5-3-11-26(16)21-17-6-1-7-19(17)23-14-24-21/h2,4,8-10,12,14,16H,1,3,5-7,11,13H2. The molecule has 142 valence electrons. The molecule has 4 heterocycles. The van der Waals surface area contributed by atoms with Crippen LogP contribution in [-0.2, 0) is 19.4 Å². The van der Waals surface area contributed by atoms with Gasteiger partial charge in [-0.25, -0.2) is 14.6 Å². The highest BCUT2D eigenvalue weighted by Gasteiger charge is 2.30. The second-order valence-corrected chi connectivity index (χ2v) is 7.45. The Hall–Kier alpha value is -3.09. The molecule has 1 aliphatic carbocycles. The zero-order valence-corrected chi connectivity index (χ0v) is 15.7. The summed E-state index contributed by atoms with van der Waals surface area (Å²) >= 11 is 0. The Morgan fingerprint density at radius 1 is 1.11 bits per heavy atom. The van der Waals surface area contributed by atoms with Crippen LogP contribution >= 0.6 is 0 Å². The average Bonchev–Trinajstić information content (AvgIpc) is 3.39. The van der Waals surface area contributed by atoms with Crippen LogP contribution in [0.3, 0.4) is 0 Å². The van der Waals surface area contributed by atoms with Gasteiger partial charge in [0.1, 0.15) is 12.1 Å². The van der Waals surface area contributed by atoms with Crippen molar-refractivity contribution in [2.24, 2.45) is 0 Å². The molecule has 0 N–H and O–H groups in total. The van der Waals surface area contributed by atoms with Crippen LogP contribution in [-0.4, -0.2) is 37.3 Å². The fourth-order valence-corrected chi connectivity index (χ4v) is 4.34. The summed E-state index contributed by atoms with van der Waals surface area (Å²) in [4.78, 5) is 28.0. The number of fused-ring (bicyclic) bond motifs is 1. The van der Waals surface area contributed by atoms with E-state index in [4.69, 9.17) is 0 Å². The summed E-state index contributed by atoms with van der Waals surface area (Å²) in [5.74, 6) is 1.06. The lowest BCUT2D eigenvalue weighted by molar-refractivity contribution is 0.488. The second kappa shape index (κ2) is 7.14. The number of aromatic nitrogens is 5. The number of pyridine rings is 1. The monoisotopic (exact) mass is 374 g/mol. The molecule has 1 saturated heterocycles. The second-order valence-electron chi connectivity index (χ2n) is 7.45. The van der Waals surface area contributed by atoms with Crippen LogP contribution in [0.25, 0.3) is 11.3 Å². The summed E-state index contributed by atoms with van der Waals surface area (Å²) in [6, 6.07) is 7.40. The van der Waals surface area contributed by atoms with Crippen molar-refractivity contribution in [1.82, 2.24) is 24.7 Å². The van der Waals surface area contributed by atoms with Gasteiger partial charge < -0.3 is 4.90 Å². The number of rotatable bonds is 4. The molecule has 7 heteroatoms. The van der Waals surface area contributed by atoms with E-state index >= 15 is 0 Å². The van der Waals surface area contributed by atoms with Crippen LogP contribution in [0, 0.1) is 0 Å². The third-order valence-electron chi connectivity index (χ3n) is 5.71. The van der Waals surface area contributed by atoms with Crippen molar-refractivity contribution < 1.29 is 0 Å². The van der Waals surface area contributed by atoms with E-state index in [1.54, 1.807) is 35.5 Å². The molecule has 0 amide bonds. The quantitative estimate of drug-likeness (QED) is 0.697. The molecule has 1 atom stereocenters. The zero-order chi connectivity index (χ0) is 18.9. The topological polar surface area (TPSA) is 76.8 Å². The van der Waals surface area contributed by atoms with Crippen molar-refractivity contribution >= 4 is 5.82 Å². The van der Waals surface area contributed by atoms with Crippen LogP contribution in [0.1, 0.15) is 30.5 Å². The summed E-state index contributed by atoms with van der Waals surface area (Å²) in [6.45, 7) is 1.52. The molecule has 0 saturated carbocycles. The van der Waals surface area contributed by atoms with Gasteiger partial charge in [-0.3, -0.25) is 9.78 Å². The molecule has 0 bridgehead atoms. The highest BCUT2D eigenvalue weighted by atomic mass is 16.1. The molecule has 3 aromatic heterocycles. The minimum absolute atomic E-state index is 0.0765. The molecular weight excluding hydrogens is 352 g/mol. The van der Waals surface area contributed by atoms with Gasteiger partial charge in [-0.1, -0.05) is 0 Å². The maximum atomic E-state index is 12.5. The minimum atomic E-state index is -0.0765. The number of hydrogen-bond acceptors (Lipinski definition) is 6. The first-order valence-corrected chi connectivity index (χ1v) is 9.87. The van der Waals surface area contributed by atoms with Crippen LogP contribution < -0.4 is 10.5 Å². The van der Waals surface area contributed by atoms with E-state index in [1.165, 1.54) is 11.3 Å². The van der Waals surface area contributed by atoms with Gasteiger partial charge in [-0.05, 0) is 50.3 Å². The molecule has 0 spiro atoms. The molecule has 7 nitrogen and oxygen atoms in total. The van der Waals surface area contributed by atoms with Gasteiger partial charge >= 0.3 is 0 Å². The van der Waals surface area contributed by atoms with Gasteiger partial charge in [0.15, 0.2) is 0 Å². The number of hydrogen-bond donors (Lipinski definition) is 0. The van der Waals surface area contributed by atoms with E-state index < -0.39 is 0 Å². The molecule has 5 rings (SSSR count). The lowest BCUT2D eigenvalue weighted by Crippen LogP contribution is -2.38. The maximum absolute atomic E-state index is 12.5. The van der Waals surface area contributed by atoms with Crippen LogP contribution in [0.15, 0.2) is 47.8 Å². The summed E-state index contributed by atoms with van der Waals surface area (Å²) in [6.07, 6.45) is 10.5. The third kappa shape index (κ3) is 3.06. The Morgan fingerprint density at radius 3 is 2.96 bits per heavy atom. The van der Waals surface area contributed by atoms with E-state index in [9.17, 15) is 4.79 Å². The van der Waals surface area contributed by atoms with Crippen LogP contribution in [0.2, 0.25) is 0 Å². The predicted molar refractivity (Wildman–Crippen MR) is 106 cm³/mol. The molecule has 1 aliphatic heterocycles. The average molecular weight is 374 g/mol. The first-order valence-electron chi connectivity index (χ1n) is 9.87. The molecule has 0 aromatic carbocycles. The van der Waals surface area contributed by atoms with E-state index in [2.05, 4.69) is 25.0 Å². The number of aryl methyl sites for hydroxylation is 1. The Bertz CT molecular complexity index is 1050. The van der Waals surface area contributed by atoms with E-state index in [0.717, 1.165) is 55.7 Å². The summed E-state index contributed by atoms with van der Waals surface area (Å²) in [5.41, 5.74) is 4.07. The molecule has 0 radical (unpaired) electrons. The summed E-state index contributed by atoms with van der Waals surface area (Å²) in [7, 11) is 0. The van der Waals surface area contributed by atoms with Gasteiger partial charge in [-0.2, -0.15) is 5.10 Å². The van der Waals surface area contributed by atoms with Crippen molar-refractivity contribution in [3.8, 4) is 11.3 Å². The first kappa shape index (κ1) is 17.0. The Labute approximate surface area is 163 Å². The van der Waals surface area contributed by atoms with Crippen molar-refractivity contribution in [1.29, 1.82) is 0 Å². The van der Waals surface area contributed by atoms with Gasteiger partial charge in [0, 0.05) is 41.8 Å². The largest absolute Gasteiger partial charge is 0.351 e. The Kier molecular flexibility index (Phi) is 4.35. The van der Waals surface area contributed by atoms with E-state index in [1.807, 2.05) is 12.1 Å². The van der Waals surface area contributed by atoms with Crippen LogP contribution in [0.5, 0.6) is 0 Å². The minimum Gasteiger partial charge on any atom is -0.351 e. The highest BCUT2D eigenvalue weighted by Crippen LogP contribution is 2.32. The van der Waals surface area contributed by atoms with Gasteiger partial charge in [0.25, 0.3) is 5.56 Å². The highest BCUT2D eigenvalue weighted by molar-refractivity contribution is 5.56. The SMILES string of the molecule is O=c1ccc(-c2cccnc2)nn1CC1CCCN1c1ncnc2c1CCC2. The zero-order valence-electron chi connectivity index (χ0n) is 15.7. The fraction of sp³-hybridized carbons (Fsp3) is 0.381. The Morgan fingerprint density at radius 2 is 2.07 bits per heavy atom. The number of nitrogens with zero attached hydrogens (tertiary/aromatic N) is 6. The third-order valence-corrected chi connectivity index (χ3v) is 5.71. The smallest absolute Gasteiger partial charge is 0.266 e. The molecule has 28 heavy (non-hydrogen) atoms. The fourth-order valence-electron chi connectivity index (χ4n) is 4.34. The summed E-state index contributed by atoms with van der Waals surface area (Å²) in [5, 5.41) is 4.61. The van der Waals surface area contributed by atoms with E-state index in [-0.39, 0.29) is 11.6 Å². The first-order chi connectivity index (χ1) is 13.8. The van der Waals surface area contributed by atoms with Gasteiger partial charge in [0.2, 0.25) is 0 Å². The van der Waals surface area contributed by atoms with Gasteiger partial charge in [-0.15, -0.1) is 0 Å². The number of anilines is 1. The van der Waals surface area contributed by atoms with Gasteiger partial charge in [0.05, 0.1) is 18.3 Å². The molecule has 1 unspecified atom stereocenters. The summed E-state index contributed by atoms with van der Waals surface area (Å²) < 4.78 is 1.59. The predicted octanol–water partition coefficient (Wildman–Crippen LogP) is 2.25.